The van der Waals surface area contributed by atoms with E-state index in [1.54, 1.807) is 5.51 Å². The average Bonchev–Trinajstić information content (AvgIpc) is 2.63. The molecule has 0 fully saturated rings. The highest BCUT2D eigenvalue weighted by atomic mass is 32.1. The molecule has 0 saturated carbocycles. The molecule has 0 aliphatic rings. The van der Waals surface area contributed by atoms with Crippen molar-refractivity contribution >= 4 is 17.2 Å². The molecule has 0 radical (unpaired) electrons. The molecular formula is C11H12N2OS. The summed E-state index contributed by atoms with van der Waals surface area (Å²) in [5.41, 5.74) is 8.52. The van der Waals surface area contributed by atoms with Crippen LogP contribution in [0.2, 0.25) is 0 Å². The van der Waals surface area contributed by atoms with Gasteiger partial charge in [0.2, 0.25) is 0 Å². The van der Waals surface area contributed by atoms with E-state index < -0.39 is 0 Å². The Balaban J connectivity index is 2.06. The molecule has 1 heterocycles. The van der Waals surface area contributed by atoms with E-state index in [1.807, 2.05) is 31.2 Å². The third-order valence-electron chi connectivity index (χ3n) is 2.12. The number of hydrogen-bond donors (Lipinski definition) is 1. The van der Waals surface area contributed by atoms with E-state index in [1.165, 1.54) is 11.3 Å². The highest BCUT2D eigenvalue weighted by Crippen LogP contribution is 2.21. The van der Waals surface area contributed by atoms with Crippen molar-refractivity contribution < 1.29 is 4.74 Å². The molecule has 0 spiro atoms. The van der Waals surface area contributed by atoms with Crippen molar-refractivity contribution in [3.63, 3.8) is 0 Å². The highest BCUT2D eigenvalue weighted by Gasteiger charge is 2.04. The Labute approximate surface area is 92.5 Å². The normalized spacial score (nSPS) is 10.2. The SMILES string of the molecule is Cc1ccccc1OCc1scnc1N. The summed E-state index contributed by atoms with van der Waals surface area (Å²) < 4.78 is 5.65. The van der Waals surface area contributed by atoms with Gasteiger partial charge < -0.3 is 10.5 Å². The first-order chi connectivity index (χ1) is 7.27. The largest absolute Gasteiger partial charge is 0.488 e. The van der Waals surface area contributed by atoms with Crippen molar-refractivity contribution in [1.82, 2.24) is 4.98 Å². The topological polar surface area (TPSA) is 48.1 Å². The smallest absolute Gasteiger partial charge is 0.141 e. The number of aryl methyl sites for hydroxylation is 1. The summed E-state index contributed by atoms with van der Waals surface area (Å²) in [7, 11) is 0. The maximum absolute atomic E-state index is 5.66. The summed E-state index contributed by atoms with van der Waals surface area (Å²) in [6.45, 7) is 2.51. The molecule has 0 unspecified atom stereocenters. The first-order valence-corrected chi connectivity index (χ1v) is 5.51. The first kappa shape index (κ1) is 9.98. The minimum absolute atomic E-state index is 0.487. The minimum Gasteiger partial charge on any atom is -0.488 e. The van der Waals surface area contributed by atoms with Crippen molar-refractivity contribution in [2.45, 2.75) is 13.5 Å². The van der Waals surface area contributed by atoms with Crippen molar-refractivity contribution in [2.75, 3.05) is 5.73 Å². The lowest BCUT2D eigenvalue weighted by molar-refractivity contribution is 0.308. The summed E-state index contributed by atoms with van der Waals surface area (Å²) >= 11 is 1.51. The lowest BCUT2D eigenvalue weighted by atomic mass is 10.2. The van der Waals surface area contributed by atoms with E-state index in [2.05, 4.69) is 4.98 Å². The summed E-state index contributed by atoms with van der Waals surface area (Å²) in [6, 6.07) is 7.92. The van der Waals surface area contributed by atoms with Crippen LogP contribution < -0.4 is 10.5 Å². The Hall–Kier alpha value is -1.55. The monoisotopic (exact) mass is 220 g/mol. The lowest BCUT2D eigenvalue weighted by Gasteiger charge is -2.07. The molecule has 1 aromatic carbocycles. The molecule has 0 aliphatic heterocycles. The summed E-state index contributed by atoms with van der Waals surface area (Å²) in [6.07, 6.45) is 0. The molecule has 2 rings (SSSR count). The van der Waals surface area contributed by atoms with E-state index in [4.69, 9.17) is 10.5 Å². The second kappa shape index (κ2) is 4.31. The highest BCUT2D eigenvalue weighted by molar-refractivity contribution is 7.10. The molecule has 0 amide bonds. The molecule has 0 atom stereocenters. The molecule has 4 heteroatoms. The molecule has 0 aliphatic carbocycles. The van der Waals surface area contributed by atoms with Gasteiger partial charge in [0.05, 0.1) is 10.4 Å². The fraction of sp³-hybridized carbons (Fsp3) is 0.182. The number of nitrogens with two attached hydrogens (primary N) is 1. The van der Waals surface area contributed by atoms with Crippen LogP contribution in [0.5, 0.6) is 5.75 Å². The number of benzene rings is 1. The van der Waals surface area contributed by atoms with Gasteiger partial charge >= 0.3 is 0 Å². The number of hydrogen-bond acceptors (Lipinski definition) is 4. The van der Waals surface area contributed by atoms with Gasteiger partial charge in [-0.2, -0.15) is 0 Å². The van der Waals surface area contributed by atoms with E-state index >= 15 is 0 Å². The second-order valence-corrected chi connectivity index (χ2v) is 4.15. The van der Waals surface area contributed by atoms with Gasteiger partial charge in [0.1, 0.15) is 18.2 Å². The Bertz CT molecular complexity index is 453. The van der Waals surface area contributed by atoms with E-state index in [-0.39, 0.29) is 0 Å². The van der Waals surface area contributed by atoms with Crippen molar-refractivity contribution in [2.24, 2.45) is 0 Å². The zero-order chi connectivity index (χ0) is 10.7. The quantitative estimate of drug-likeness (QED) is 0.865. The van der Waals surface area contributed by atoms with E-state index in [9.17, 15) is 0 Å². The van der Waals surface area contributed by atoms with Crippen LogP contribution in [-0.2, 0) is 6.61 Å². The van der Waals surface area contributed by atoms with Gasteiger partial charge in [0.25, 0.3) is 0 Å². The van der Waals surface area contributed by atoms with Crippen LogP contribution in [0.4, 0.5) is 5.82 Å². The Morgan fingerprint density at radius 1 is 1.40 bits per heavy atom. The van der Waals surface area contributed by atoms with Crippen LogP contribution in [0.3, 0.4) is 0 Å². The van der Waals surface area contributed by atoms with Crippen molar-refractivity contribution in [3.8, 4) is 5.75 Å². The number of nitrogens with zero attached hydrogens (tertiary/aromatic N) is 1. The number of aromatic nitrogens is 1. The predicted molar refractivity (Wildman–Crippen MR) is 62.0 cm³/mol. The van der Waals surface area contributed by atoms with Gasteiger partial charge in [-0.05, 0) is 18.6 Å². The zero-order valence-electron chi connectivity index (χ0n) is 8.43. The Morgan fingerprint density at radius 2 is 2.20 bits per heavy atom. The van der Waals surface area contributed by atoms with Crippen LogP contribution in [0.1, 0.15) is 10.4 Å². The molecule has 15 heavy (non-hydrogen) atoms. The maximum atomic E-state index is 5.66. The van der Waals surface area contributed by atoms with Gasteiger partial charge in [0, 0.05) is 0 Å². The van der Waals surface area contributed by atoms with Crippen LogP contribution in [0.15, 0.2) is 29.8 Å². The molecule has 2 aromatic rings. The van der Waals surface area contributed by atoms with Gasteiger partial charge in [-0.25, -0.2) is 4.98 Å². The van der Waals surface area contributed by atoms with Crippen LogP contribution in [-0.4, -0.2) is 4.98 Å². The number of thiazole rings is 1. The van der Waals surface area contributed by atoms with Gasteiger partial charge in [-0.15, -0.1) is 11.3 Å². The lowest BCUT2D eigenvalue weighted by Crippen LogP contribution is -1.98. The standard InChI is InChI=1S/C11H12N2OS/c1-8-4-2-3-5-9(8)14-6-10-11(12)13-7-15-10/h2-5,7H,6,12H2,1H3. The first-order valence-electron chi connectivity index (χ1n) is 4.63. The maximum Gasteiger partial charge on any atom is 0.141 e. The third-order valence-corrected chi connectivity index (χ3v) is 2.95. The zero-order valence-corrected chi connectivity index (χ0v) is 9.25. The fourth-order valence-corrected chi connectivity index (χ4v) is 1.84. The van der Waals surface area contributed by atoms with E-state index in [0.29, 0.717) is 12.4 Å². The molecule has 78 valence electrons. The van der Waals surface area contributed by atoms with Crippen LogP contribution in [0.25, 0.3) is 0 Å². The van der Waals surface area contributed by atoms with E-state index in [0.717, 1.165) is 16.2 Å². The molecule has 2 N–H and O–H groups in total. The Morgan fingerprint density at radius 3 is 2.87 bits per heavy atom. The molecule has 3 nitrogen and oxygen atoms in total. The number of anilines is 1. The summed E-state index contributed by atoms with van der Waals surface area (Å²) in [4.78, 5) is 4.94. The number of nitrogen functional groups attached to an aromatic ring is 1. The molecule has 0 bridgehead atoms. The second-order valence-electron chi connectivity index (χ2n) is 3.21. The average molecular weight is 220 g/mol. The summed E-state index contributed by atoms with van der Waals surface area (Å²) in [5.74, 6) is 1.46. The van der Waals surface area contributed by atoms with Gasteiger partial charge in [0.15, 0.2) is 0 Å². The number of ether oxygens (including phenoxy) is 1. The van der Waals surface area contributed by atoms with Crippen molar-refractivity contribution in [3.05, 3.63) is 40.2 Å². The van der Waals surface area contributed by atoms with Gasteiger partial charge in [-0.1, -0.05) is 18.2 Å². The predicted octanol–water partition coefficient (Wildman–Crippen LogP) is 2.61. The van der Waals surface area contributed by atoms with Crippen molar-refractivity contribution in [1.29, 1.82) is 0 Å². The van der Waals surface area contributed by atoms with Crippen LogP contribution in [0, 0.1) is 6.92 Å². The molecule has 0 saturated heterocycles. The number of para-hydroxylation sites is 1. The Kier molecular flexibility index (Phi) is 2.87. The third kappa shape index (κ3) is 2.27. The molecular weight excluding hydrogens is 208 g/mol. The molecule has 1 aromatic heterocycles. The minimum atomic E-state index is 0.487. The number of rotatable bonds is 3. The van der Waals surface area contributed by atoms with Crippen LogP contribution >= 0.6 is 11.3 Å². The summed E-state index contributed by atoms with van der Waals surface area (Å²) in [5, 5.41) is 0. The van der Waals surface area contributed by atoms with Gasteiger partial charge in [-0.3, -0.25) is 0 Å². The fourth-order valence-electron chi connectivity index (χ4n) is 1.25.